The first-order valence-electron chi connectivity index (χ1n) is 5.62. The van der Waals surface area contributed by atoms with Crippen LogP contribution < -0.4 is 0 Å². The van der Waals surface area contributed by atoms with E-state index in [4.69, 9.17) is 0 Å². The molecule has 1 aromatic heterocycles. The lowest BCUT2D eigenvalue weighted by Crippen LogP contribution is -2.22. The third-order valence-corrected chi connectivity index (χ3v) is 3.10. The lowest BCUT2D eigenvalue weighted by molar-refractivity contribution is -0.129. The van der Waals surface area contributed by atoms with Gasteiger partial charge >= 0.3 is 0 Å². The molecule has 0 saturated carbocycles. The molecule has 0 radical (unpaired) electrons. The number of rotatable bonds is 1. The molecule has 0 fully saturated rings. The van der Waals surface area contributed by atoms with Crippen LogP contribution in [0.15, 0.2) is 36.5 Å². The first kappa shape index (κ1) is 10.1. The van der Waals surface area contributed by atoms with Crippen molar-refractivity contribution < 1.29 is 4.79 Å². The maximum atomic E-state index is 11.4. The second-order valence-electron chi connectivity index (χ2n) is 4.24. The normalized spacial score (nSPS) is 13.8. The summed E-state index contributed by atoms with van der Waals surface area (Å²) in [6, 6.07) is 9.99. The van der Waals surface area contributed by atoms with Gasteiger partial charge < -0.3 is 4.90 Å². The lowest BCUT2D eigenvalue weighted by Gasteiger charge is -2.13. The molecule has 0 spiro atoms. The summed E-state index contributed by atoms with van der Waals surface area (Å²) in [5.41, 5.74) is 3.30. The van der Waals surface area contributed by atoms with Gasteiger partial charge in [-0.1, -0.05) is 18.2 Å². The summed E-state index contributed by atoms with van der Waals surface area (Å²) in [6.45, 7) is 2.93. The predicted octanol–water partition coefficient (Wildman–Crippen LogP) is 1.73. The van der Waals surface area contributed by atoms with E-state index in [1.165, 1.54) is 0 Å². The van der Waals surface area contributed by atoms with Crippen LogP contribution in [-0.4, -0.2) is 20.6 Å². The number of nitrogens with zero attached hydrogens (tertiary/aromatic N) is 3. The van der Waals surface area contributed by atoms with Crippen molar-refractivity contribution >= 4 is 5.91 Å². The van der Waals surface area contributed by atoms with Gasteiger partial charge in [-0.25, -0.2) is 4.68 Å². The maximum absolute atomic E-state index is 11.4. The van der Waals surface area contributed by atoms with Crippen LogP contribution in [0.2, 0.25) is 0 Å². The number of fused-ring (bicyclic) bond motifs is 1. The Labute approximate surface area is 99.5 Å². The van der Waals surface area contributed by atoms with Crippen LogP contribution >= 0.6 is 0 Å². The number of hydrogen-bond acceptors (Lipinski definition) is 2. The van der Waals surface area contributed by atoms with Crippen LogP contribution in [-0.2, 0) is 17.9 Å². The number of amides is 1. The summed E-state index contributed by atoms with van der Waals surface area (Å²) in [7, 11) is 0. The van der Waals surface area contributed by atoms with E-state index in [1.54, 1.807) is 6.92 Å². The molecule has 2 heterocycles. The van der Waals surface area contributed by atoms with Crippen LogP contribution in [0.1, 0.15) is 18.2 Å². The highest BCUT2D eigenvalue weighted by atomic mass is 16.2. The number of carbonyl (C=O) groups excluding carboxylic acids is 1. The van der Waals surface area contributed by atoms with Crippen molar-refractivity contribution in [3.63, 3.8) is 0 Å². The Morgan fingerprint density at radius 1 is 1.24 bits per heavy atom. The van der Waals surface area contributed by atoms with Gasteiger partial charge in [0.1, 0.15) is 0 Å². The molecule has 1 aromatic carbocycles. The van der Waals surface area contributed by atoms with Gasteiger partial charge in [0.15, 0.2) is 0 Å². The van der Waals surface area contributed by atoms with Gasteiger partial charge in [-0.2, -0.15) is 5.10 Å². The molecule has 4 heteroatoms. The molecule has 1 aliphatic heterocycles. The third kappa shape index (κ3) is 1.62. The van der Waals surface area contributed by atoms with Gasteiger partial charge in [-0.05, 0) is 12.1 Å². The summed E-state index contributed by atoms with van der Waals surface area (Å²) < 4.78 is 1.91. The van der Waals surface area contributed by atoms with Crippen LogP contribution in [0.5, 0.6) is 0 Å². The second kappa shape index (κ2) is 3.73. The summed E-state index contributed by atoms with van der Waals surface area (Å²) in [5.74, 6) is 0.112. The van der Waals surface area contributed by atoms with Gasteiger partial charge in [-0.3, -0.25) is 4.79 Å². The molecule has 1 aliphatic rings. The van der Waals surface area contributed by atoms with Crippen LogP contribution in [0, 0.1) is 0 Å². The zero-order chi connectivity index (χ0) is 11.8. The Morgan fingerprint density at radius 3 is 2.71 bits per heavy atom. The zero-order valence-corrected chi connectivity index (χ0v) is 9.63. The van der Waals surface area contributed by atoms with E-state index in [0.29, 0.717) is 13.1 Å². The van der Waals surface area contributed by atoms with Crippen LogP contribution in [0.4, 0.5) is 0 Å². The van der Waals surface area contributed by atoms with Crippen molar-refractivity contribution in [1.82, 2.24) is 14.7 Å². The molecule has 2 aromatic rings. The lowest BCUT2D eigenvalue weighted by atomic mass is 10.3. The smallest absolute Gasteiger partial charge is 0.220 e. The summed E-state index contributed by atoms with van der Waals surface area (Å²) in [6.07, 6.45) is 1.85. The van der Waals surface area contributed by atoms with Gasteiger partial charge in [0.25, 0.3) is 0 Å². The van der Waals surface area contributed by atoms with Gasteiger partial charge in [-0.15, -0.1) is 0 Å². The minimum atomic E-state index is 0.112. The molecule has 4 nitrogen and oxygen atoms in total. The summed E-state index contributed by atoms with van der Waals surface area (Å²) >= 11 is 0. The monoisotopic (exact) mass is 227 g/mol. The molecule has 0 N–H and O–H groups in total. The van der Waals surface area contributed by atoms with E-state index in [2.05, 4.69) is 5.10 Å². The molecule has 0 aliphatic carbocycles. The van der Waals surface area contributed by atoms with Crippen molar-refractivity contribution in [2.24, 2.45) is 0 Å². The van der Waals surface area contributed by atoms with E-state index >= 15 is 0 Å². The van der Waals surface area contributed by atoms with Crippen molar-refractivity contribution in [3.05, 3.63) is 47.8 Å². The van der Waals surface area contributed by atoms with Crippen LogP contribution in [0.3, 0.4) is 0 Å². The van der Waals surface area contributed by atoms with Gasteiger partial charge in [0.2, 0.25) is 5.91 Å². The standard InChI is InChI=1S/C13H13N3O/c1-10(17)15-8-11-7-14-16(13(11)9-15)12-5-3-2-4-6-12/h2-7H,8-9H2,1H3. The third-order valence-electron chi connectivity index (χ3n) is 3.10. The molecule has 3 rings (SSSR count). The number of aromatic nitrogens is 2. The number of hydrogen-bond donors (Lipinski definition) is 0. The molecule has 86 valence electrons. The Morgan fingerprint density at radius 2 is 2.00 bits per heavy atom. The Kier molecular flexibility index (Phi) is 2.21. The highest BCUT2D eigenvalue weighted by Gasteiger charge is 2.25. The van der Waals surface area contributed by atoms with Crippen molar-refractivity contribution in [3.8, 4) is 5.69 Å². The molecule has 0 atom stereocenters. The molecule has 0 bridgehead atoms. The van der Waals surface area contributed by atoms with E-state index in [0.717, 1.165) is 16.9 Å². The summed E-state index contributed by atoms with van der Waals surface area (Å²) in [5, 5.41) is 4.38. The average Bonchev–Trinajstić information content (AvgIpc) is 2.89. The van der Waals surface area contributed by atoms with Crippen molar-refractivity contribution in [2.45, 2.75) is 20.0 Å². The Bertz CT molecular complexity index is 559. The molecule has 0 unspecified atom stereocenters. The van der Waals surface area contributed by atoms with Gasteiger partial charge in [0.05, 0.1) is 24.1 Å². The molecular formula is C13H13N3O. The van der Waals surface area contributed by atoms with Crippen LogP contribution in [0.25, 0.3) is 5.69 Å². The maximum Gasteiger partial charge on any atom is 0.220 e. The van der Waals surface area contributed by atoms with Crippen molar-refractivity contribution in [2.75, 3.05) is 0 Å². The number of carbonyl (C=O) groups is 1. The molecule has 1 amide bonds. The average molecular weight is 227 g/mol. The molecule has 17 heavy (non-hydrogen) atoms. The fraction of sp³-hybridized carbons (Fsp3) is 0.231. The van der Waals surface area contributed by atoms with Crippen molar-refractivity contribution in [1.29, 1.82) is 0 Å². The first-order valence-corrected chi connectivity index (χ1v) is 5.62. The van der Waals surface area contributed by atoms with E-state index < -0.39 is 0 Å². The summed E-state index contributed by atoms with van der Waals surface area (Å²) in [4.78, 5) is 13.2. The molecular weight excluding hydrogens is 214 g/mol. The van der Waals surface area contributed by atoms with E-state index in [9.17, 15) is 4.79 Å². The highest BCUT2D eigenvalue weighted by Crippen LogP contribution is 2.24. The first-order chi connectivity index (χ1) is 8.25. The second-order valence-corrected chi connectivity index (χ2v) is 4.24. The molecule has 0 saturated heterocycles. The topological polar surface area (TPSA) is 38.1 Å². The predicted molar refractivity (Wildman–Crippen MR) is 63.5 cm³/mol. The quantitative estimate of drug-likeness (QED) is 0.744. The number of benzene rings is 1. The van der Waals surface area contributed by atoms with E-state index in [-0.39, 0.29) is 5.91 Å². The van der Waals surface area contributed by atoms with E-state index in [1.807, 2.05) is 46.1 Å². The minimum Gasteiger partial charge on any atom is -0.333 e. The zero-order valence-electron chi connectivity index (χ0n) is 9.63. The highest BCUT2D eigenvalue weighted by molar-refractivity contribution is 5.74. The van der Waals surface area contributed by atoms with Gasteiger partial charge in [0, 0.05) is 19.0 Å². The largest absolute Gasteiger partial charge is 0.333 e. The minimum absolute atomic E-state index is 0.112. The SMILES string of the molecule is CC(=O)N1Cc2cnn(-c3ccccc3)c2C1. The number of para-hydroxylation sites is 1. The Hall–Kier alpha value is -2.10. The fourth-order valence-electron chi connectivity index (χ4n) is 2.16. The Balaban J connectivity index is 1.99. The fourth-order valence-corrected chi connectivity index (χ4v) is 2.16.